The fourth-order valence-electron chi connectivity index (χ4n) is 2.80. The normalized spacial score (nSPS) is 22.1. The molecule has 2 heterocycles. The molecular weight excluding hydrogens is 270 g/mol. The van der Waals surface area contributed by atoms with Gasteiger partial charge in [0.05, 0.1) is 19.3 Å². The first-order valence-corrected chi connectivity index (χ1v) is 7.17. The SMILES string of the molecule is NC1Cc2ccccc2N(CC(=O)N2CCOCC2)C1=O. The molecular formula is C15H19N3O3. The van der Waals surface area contributed by atoms with E-state index >= 15 is 0 Å². The third-order valence-corrected chi connectivity index (χ3v) is 3.96. The molecule has 2 amide bonds. The Morgan fingerprint density at radius 1 is 1.29 bits per heavy atom. The van der Waals surface area contributed by atoms with Crippen molar-refractivity contribution < 1.29 is 14.3 Å². The maximum atomic E-state index is 12.4. The van der Waals surface area contributed by atoms with Crippen molar-refractivity contribution in [1.29, 1.82) is 0 Å². The van der Waals surface area contributed by atoms with Gasteiger partial charge in [0.2, 0.25) is 11.8 Å². The molecule has 112 valence electrons. The summed E-state index contributed by atoms with van der Waals surface area (Å²) >= 11 is 0. The van der Waals surface area contributed by atoms with Gasteiger partial charge in [-0.25, -0.2) is 0 Å². The smallest absolute Gasteiger partial charge is 0.244 e. The van der Waals surface area contributed by atoms with E-state index in [9.17, 15) is 9.59 Å². The molecule has 1 aromatic carbocycles. The van der Waals surface area contributed by atoms with Gasteiger partial charge in [-0.2, -0.15) is 0 Å². The summed E-state index contributed by atoms with van der Waals surface area (Å²) in [5.74, 6) is -0.245. The molecule has 0 aromatic heterocycles. The Labute approximate surface area is 123 Å². The summed E-state index contributed by atoms with van der Waals surface area (Å²) in [7, 11) is 0. The van der Waals surface area contributed by atoms with Gasteiger partial charge in [-0.1, -0.05) is 18.2 Å². The molecule has 0 aliphatic carbocycles. The van der Waals surface area contributed by atoms with Gasteiger partial charge in [-0.3, -0.25) is 9.59 Å². The van der Waals surface area contributed by atoms with Crippen LogP contribution in [0, 0.1) is 0 Å². The number of hydrogen-bond donors (Lipinski definition) is 1. The van der Waals surface area contributed by atoms with E-state index in [4.69, 9.17) is 10.5 Å². The van der Waals surface area contributed by atoms with E-state index < -0.39 is 6.04 Å². The van der Waals surface area contributed by atoms with Crippen LogP contribution in [-0.4, -0.2) is 55.6 Å². The number of ether oxygens (including phenoxy) is 1. The summed E-state index contributed by atoms with van der Waals surface area (Å²) in [4.78, 5) is 27.9. The number of hydrogen-bond acceptors (Lipinski definition) is 4. The van der Waals surface area contributed by atoms with Crippen LogP contribution in [0.25, 0.3) is 0 Å². The van der Waals surface area contributed by atoms with Crippen LogP contribution in [0.4, 0.5) is 5.69 Å². The molecule has 2 N–H and O–H groups in total. The highest BCUT2D eigenvalue weighted by molar-refractivity contribution is 6.03. The Morgan fingerprint density at radius 2 is 2.00 bits per heavy atom. The first-order valence-electron chi connectivity index (χ1n) is 7.17. The lowest BCUT2D eigenvalue weighted by Crippen LogP contribution is -2.53. The highest BCUT2D eigenvalue weighted by Crippen LogP contribution is 2.27. The molecule has 1 fully saturated rings. The summed E-state index contributed by atoms with van der Waals surface area (Å²) < 4.78 is 5.24. The number of carbonyl (C=O) groups excluding carboxylic acids is 2. The van der Waals surface area contributed by atoms with Gasteiger partial charge < -0.3 is 20.3 Å². The lowest BCUT2D eigenvalue weighted by Gasteiger charge is -2.34. The zero-order chi connectivity index (χ0) is 14.8. The van der Waals surface area contributed by atoms with Gasteiger partial charge in [0.15, 0.2) is 0 Å². The molecule has 21 heavy (non-hydrogen) atoms. The monoisotopic (exact) mass is 289 g/mol. The second kappa shape index (κ2) is 5.83. The number of benzene rings is 1. The molecule has 0 spiro atoms. The molecule has 1 unspecified atom stereocenters. The van der Waals surface area contributed by atoms with Crippen molar-refractivity contribution >= 4 is 17.5 Å². The number of para-hydroxylation sites is 1. The first-order chi connectivity index (χ1) is 10.2. The first kappa shape index (κ1) is 14.0. The summed E-state index contributed by atoms with van der Waals surface area (Å²) in [6, 6.07) is 7.04. The van der Waals surface area contributed by atoms with Crippen LogP contribution >= 0.6 is 0 Å². The molecule has 2 aliphatic rings. The van der Waals surface area contributed by atoms with Crippen molar-refractivity contribution in [2.45, 2.75) is 12.5 Å². The Bertz CT molecular complexity index is 555. The molecule has 1 saturated heterocycles. The molecule has 2 aliphatic heterocycles. The lowest BCUT2D eigenvalue weighted by molar-refractivity contribution is -0.135. The Morgan fingerprint density at radius 3 is 2.76 bits per heavy atom. The maximum absolute atomic E-state index is 12.4. The fraction of sp³-hybridized carbons (Fsp3) is 0.467. The van der Waals surface area contributed by atoms with Crippen LogP contribution in [0.1, 0.15) is 5.56 Å². The number of amides is 2. The zero-order valence-electron chi connectivity index (χ0n) is 11.8. The average molecular weight is 289 g/mol. The minimum atomic E-state index is -0.572. The highest BCUT2D eigenvalue weighted by atomic mass is 16.5. The van der Waals surface area contributed by atoms with Crippen LogP contribution in [0.2, 0.25) is 0 Å². The van der Waals surface area contributed by atoms with Crippen molar-refractivity contribution in [3.63, 3.8) is 0 Å². The summed E-state index contributed by atoms with van der Waals surface area (Å²) in [6.07, 6.45) is 0.525. The predicted molar refractivity (Wildman–Crippen MR) is 77.9 cm³/mol. The minimum absolute atomic E-state index is 0.0452. The van der Waals surface area contributed by atoms with Crippen LogP contribution in [-0.2, 0) is 20.7 Å². The third kappa shape index (κ3) is 2.77. The van der Waals surface area contributed by atoms with Crippen LogP contribution in [0.3, 0.4) is 0 Å². The molecule has 6 heteroatoms. The lowest BCUT2D eigenvalue weighted by atomic mass is 9.98. The molecule has 6 nitrogen and oxygen atoms in total. The molecule has 1 aromatic rings. The predicted octanol–water partition coefficient (Wildman–Crippen LogP) is -0.238. The van der Waals surface area contributed by atoms with Crippen LogP contribution in [0.5, 0.6) is 0 Å². The van der Waals surface area contributed by atoms with Gasteiger partial charge in [-0.05, 0) is 18.1 Å². The standard InChI is InChI=1S/C15H19N3O3/c16-12-9-11-3-1-2-4-13(11)18(15(12)20)10-14(19)17-5-7-21-8-6-17/h1-4,12H,5-10,16H2. The van der Waals surface area contributed by atoms with Gasteiger partial charge >= 0.3 is 0 Å². The fourth-order valence-corrected chi connectivity index (χ4v) is 2.80. The van der Waals surface area contributed by atoms with Crippen LogP contribution in [0.15, 0.2) is 24.3 Å². The van der Waals surface area contributed by atoms with E-state index in [-0.39, 0.29) is 18.4 Å². The van der Waals surface area contributed by atoms with Crippen molar-refractivity contribution in [3.8, 4) is 0 Å². The second-order valence-electron chi connectivity index (χ2n) is 5.36. The summed E-state index contributed by atoms with van der Waals surface area (Å²) in [5, 5.41) is 0. The topological polar surface area (TPSA) is 75.9 Å². The number of nitrogens with zero attached hydrogens (tertiary/aromatic N) is 2. The second-order valence-corrected chi connectivity index (χ2v) is 5.36. The zero-order valence-corrected chi connectivity index (χ0v) is 11.8. The van der Waals surface area contributed by atoms with Gasteiger partial charge in [0, 0.05) is 18.8 Å². The van der Waals surface area contributed by atoms with E-state index in [0.29, 0.717) is 32.7 Å². The number of rotatable bonds is 2. The number of fused-ring (bicyclic) bond motifs is 1. The third-order valence-electron chi connectivity index (χ3n) is 3.96. The number of anilines is 1. The van der Waals surface area contributed by atoms with Gasteiger partial charge in [0.25, 0.3) is 0 Å². The molecule has 3 rings (SSSR count). The average Bonchev–Trinajstić information content (AvgIpc) is 2.52. The van der Waals surface area contributed by atoms with E-state index in [1.54, 1.807) is 4.90 Å². The van der Waals surface area contributed by atoms with Crippen molar-refractivity contribution in [3.05, 3.63) is 29.8 Å². The molecule has 0 radical (unpaired) electrons. The van der Waals surface area contributed by atoms with Crippen molar-refractivity contribution in [2.75, 3.05) is 37.7 Å². The number of morpholine rings is 1. The summed E-state index contributed by atoms with van der Waals surface area (Å²) in [6.45, 7) is 2.30. The number of carbonyl (C=O) groups is 2. The van der Waals surface area contributed by atoms with E-state index in [1.807, 2.05) is 24.3 Å². The molecule has 0 saturated carbocycles. The van der Waals surface area contributed by atoms with Gasteiger partial charge in [-0.15, -0.1) is 0 Å². The Hall–Kier alpha value is -1.92. The molecule has 1 atom stereocenters. The van der Waals surface area contributed by atoms with E-state index in [0.717, 1.165) is 11.3 Å². The minimum Gasteiger partial charge on any atom is -0.378 e. The van der Waals surface area contributed by atoms with Crippen molar-refractivity contribution in [2.24, 2.45) is 5.73 Å². The maximum Gasteiger partial charge on any atom is 0.244 e. The Kier molecular flexibility index (Phi) is 3.90. The van der Waals surface area contributed by atoms with Crippen molar-refractivity contribution in [1.82, 2.24) is 4.90 Å². The quantitative estimate of drug-likeness (QED) is 0.815. The molecule has 0 bridgehead atoms. The van der Waals surface area contributed by atoms with E-state index in [2.05, 4.69) is 0 Å². The highest BCUT2D eigenvalue weighted by Gasteiger charge is 2.32. The van der Waals surface area contributed by atoms with E-state index in [1.165, 1.54) is 4.90 Å². The Balaban J connectivity index is 1.80. The van der Waals surface area contributed by atoms with Crippen LogP contribution < -0.4 is 10.6 Å². The largest absolute Gasteiger partial charge is 0.378 e. The van der Waals surface area contributed by atoms with Gasteiger partial charge in [0.1, 0.15) is 6.54 Å². The summed E-state index contributed by atoms with van der Waals surface area (Å²) in [5.41, 5.74) is 7.71. The number of nitrogens with two attached hydrogens (primary N) is 1.